The van der Waals surface area contributed by atoms with Crippen molar-refractivity contribution >= 4 is 23.1 Å². The average molecular weight is 304 g/mol. The van der Waals surface area contributed by atoms with Gasteiger partial charge in [-0.2, -0.15) is 0 Å². The fraction of sp³-hybridized carbons (Fsp3) is 0.235. The molecule has 0 aliphatic carbocycles. The van der Waals surface area contributed by atoms with Crippen molar-refractivity contribution < 1.29 is 9.53 Å². The summed E-state index contributed by atoms with van der Waals surface area (Å²) in [5, 5.41) is 0.485. The number of halogens is 1. The van der Waals surface area contributed by atoms with Gasteiger partial charge in [-0.1, -0.05) is 11.6 Å². The van der Waals surface area contributed by atoms with Crippen LogP contribution in [0.1, 0.15) is 32.6 Å². The summed E-state index contributed by atoms with van der Waals surface area (Å²) < 4.78 is 5.26. The van der Waals surface area contributed by atoms with Crippen molar-refractivity contribution in [2.75, 3.05) is 12.8 Å². The van der Waals surface area contributed by atoms with Gasteiger partial charge in [0.1, 0.15) is 5.75 Å². The number of carbonyl (C=O) groups excluding carboxylic acids is 1. The zero-order valence-corrected chi connectivity index (χ0v) is 13.3. The minimum atomic E-state index is -0.174. The molecule has 0 fully saturated rings. The van der Waals surface area contributed by atoms with Crippen LogP contribution >= 0.6 is 11.6 Å². The molecule has 0 aliphatic heterocycles. The summed E-state index contributed by atoms with van der Waals surface area (Å²) >= 11 is 6.00. The molecule has 3 nitrogen and oxygen atoms in total. The third kappa shape index (κ3) is 2.74. The van der Waals surface area contributed by atoms with Crippen molar-refractivity contribution in [2.24, 2.45) is 0 Å². The van der Waals surface area contributed by atoms with Gasteiger partial charge >= 0.3 is 0 Å². The third-order valence-electron chi connectivity index (χ3n) is 3.82. The molecule has 4 heteroatoms. The molecular formula is C17H18ClNO2. The summed E-state index contributed by atoms with van der Waals surface area (Å²) in [7, 11) is 1.52. The van der Waals surface area contributed by atoms with Gasteiger partial charge in [0.25, 0.3) is 0 Å². The molecule has 0 spiro atoms. The van der Waals surface area contributed by atoms with Gasteiger partial charge in [0.2, 0.25) is 0 Å². The Labute approximate surface area is 129 Å². The van der Waals surface area contributed by atoms with Crippen molar-refractivity contribution in [3.05, 3.63) is 57.1 Å². The highest BCUT2D eigenvalue weighted by molar-refractivity contribution is 6.31. The summed E-state index contributed by atoms with van der Waals surface area (Å²) in [5.41, 5.74) is 10.5. The van der Waals surface area contributed by atoms with Gasteiger partial charge in [-0.15, -0.1) is 0 Å². The molecule has 21 heavy (non-hydrogen) atoms. The Balaban J connectivity index is 2.66. The largest absolute Gasteiger partial charge is 0.496 e. The second-order valence-electron chi connectivity index (χ2n) is 5.08. The summed E-state index contributed by atoms with van der Waals surface area (Å²) in [6.45, 7) is 5.87. The lowest BCUT2D eigenvalue weighted by Gasteiger charge is -2.15. The maximum Gasteiger partial charge on any atom is 0.199 e. The number of methoxy groups -OCH3 is 1. The fourth-order valence-electron chi connectivity index (χ4n) is 2.41. The summed E-state index contributed by atoms with van der Waals surface area (Å²) in [5.74, 6) is 0.314. The molecule has 2 rings (SSSR count). The van der Waals surface area contributed by atoms with E-state index in [1.54, 1.807) is 18.2 Å². The molecule has 0 heterocycles. The minimum Gasteiger partial charge on any atom is -0.496 e. The number of nitrogens with two attached hydrogens (primary N) is 1. The van der Waals surface area contributed by atoms with Crippen LogP contribution in [0.5, 0.6) is 5.75 Å². The standard InChI is InChI=1S/C17H18ClNO2/c1-9-7-14(19)16(11(3)10(9)2)17(20)13-8-12(18)5-6-15(13)21-4/h5-8H,19H2,1-4H3. The maximum atomic E-state index is 12.9. The van der Waals surface area contributed by atoms with Crippen LogP contribution in [0.3, 0.4) is 0 Å². The number of ether oxygens (including phenoxy) is 1. The number of hydrogen-bond acceptors (Lipinski definition) is 3. The Kier molecular flexibility index (Phi) is 4.24. The van der Waals surface area contributed by atoms with Gasteiger partial charge in [-0.05, 0) is 61.7 Å². The van der Waals surface area contributed by atoms with Crippen LogP contribution in [0.4, 0.5) is 5.69 Å². The lowest BCUT2D eigenvalue weighted by molar-refractivity contribution is 0.103. The van der Waals surface area contributed by atoms with E-state index in [4.69, 9.17) is 22.1 Å². The zero-order valence-electron chi connectivity index (χ0n) is 12.6. The minimum absolute atomic E-state index is 0.174. The molecule has 0 aromatic heterocycles. The van der Waals surface area contributed by atoms with Crippen LogP contribution in [-0.4, -0.2) is 12.9 Å². The Morgan fingerprint density at radius 3 is 2.43 bits per heavy atom. The molecule has 0 radical (unpaired) electrons. The Bertz CT molecular complexity index is 723. The average Bonchev–Trinajstić information content (AvgIpc) is 2.44. The normalized spacial score (nSPS) is 10.5. The number of rotatable bonds is 3. The van der Waals surface area contributed by atoms with Crippen LogP contribution in [0.2, 0.25) is 5.02 Å². The first-order chi connectivity index (χ1) is 9.86. The van der Waals surface area contributed by atoms with Crippen molar-refractivity contribution in [1.29, 1.82) is 0 Å². The van der Waals surface area contributed by atoms with Gasteiger partial charge in [0.05, 0.1) is 12.7 Å². The molecule has 2 aromatic carbocycles. The molecule has 0 aliphatic rings. The molecule has 0 saturated heterocycles. The van der Waals surface area contributed by atoms with Crippen LogP contribution in [-0.2, 0) is 0 Å². The fourth-order valence-corrected chi connectivity index (χ4v) is 2.58. The monoisotopic (exact) mass is 303 g/mol. The van der Waals surface area contributed by atoms with Gasteiger partial charge in [0, 0.05) is 16.3 Å². The second-order valence-corrected chi connectivity index (χ2v) is 5.52. The van der Waals surface area contributed by atoms with Crippen LogP contribution in [0.15, 0.2) is 24.3 Å². The third-order valence-corrected chi connectivity index (χ3v) is 4.06. The van der Waals surface area contributed by atoms with Crippen LogP contribution in [0, 0.1) is 20.8 Å². The van der Waals surface area contributed by atoms with E-state index in [0.29, 0.717) is 27.6 Å². The number of ketones is 1. The van der Waals surface area contributed by atoms with Crippen molar-refractivity contribution in [1.82, 2.24) is 0 Å². The lowest BCUT2D eigenvalue weighted by atomic mass is 9.91. The van der Waals surface area contributed by atoms with Crippen molar-refractivity contribution in [2.45, 2.75) is 20.8 Å². The van der Waals surface area contributed by atoms with E-state index in [1.807, 2.05) is 26.8 Å². The smallest absolute Gasteiger partial charge is 0.199 e. The van der Waals surface area contributed by atoms with E-state index in [2.05, 4.69) is 0 Å². The van der Waals surface area contributed by atoms with Crippen LogP contribution < -0.4 is 10.5 Å². The summed E-state index contributed by atoms with van der Waals surface area (Å²) in [6, 6.07) is 6.80. The van der Waals surface area contributed by atoms with E-state index in [1.165, 1.54) is 7.11 Å². The predicted octanol–water partition coefficient (Wildman–Crippen LogP) is 4.09. The molecule has 0 bridgehead atoms. The van der Waals surface area contributed by atoms with E-state index in [0.717, 1.165) is 16.7 Å². The SMILES string of the molecule is COc1ccc(Cl)cc1C(=O)c1c(N)cc(C)c(C)c1C. The van der Waals surface area contributed by atoms with Crippen molar-refractivity contribution in [3.63, 3.8) is 0 Å². The van der Waals surface area contributed by atoms with Gasteiger partial charge < -0.3 is 10.5 Å². The molecule has 110 valence electrons. The van der Waals surface area contributed by atoms with Crippen LogP contribution in [0.25, 0.3) is 0 Å². The number of carbonyl (C=O) groups is 1. The lowest BCUT2D eigenvalue weighted by Crippen LogP contribution is -2.11. The van der Waals surface area contributed by atoms with Gasteiger partial charge in [-0.25, -0.2) is 0 Å². The van der Waals surface area contributed by atoms with E-state index in [9.17, 15) is 4.79 Å². The van der Waals surface area contributed by atoms with Gasteiger partial charge in [0.15, 0.2) is 5.78 Å². The predicted molar refractivity (Wildman–Crippen MR) is 86.5 cm³/mol. The molecule has 0 atom stereocenters. The Hall–Kier alpha value is -2.00. The van der Waals surface area contributed by atoms with E-state index < -0.39 is 0 Å². The molecule has 2 N–H and O–H groups in total. The summed E-state index contributed by atoms with van der Waals surface area (Å²) in [6.07, 6.45) is 0. The quantitative estimate of drug-likeness (QED) is 0.686. The Morgan fingerprint density at radius 1 is 1.14 bits per heavy atom. The van der Waals surface area contributed by atoms with Gasteiger partial charge in [-0.3, -0.25) is 4.79 Å². The number of nitrogen functional groups attached to an aromatic ring is 1. The molecule has 2 aromatic rings. The Morgan fingerprint density at radius 2 is 1.81 bits per heavy atom. The second kappa shape index (κ2) is 5.78. The highest BCUT2D eigenvalue weighted by Gasteiger charge is 2.21. The number of anilines is 1. The highest BCUT2D eigenvalue weighted by Crippen LogP contribution is 2.30. The number of aryl methyl sites for hydroxylation is 1. The first-order valence-electron chi connectivity index (χ1n) is 6.61. The highest BCUT2D eigenvalue weighted by atomic mass is 35.5. The summed E-state index contributed by atoms with van der Waals surface area (Å²) in [4.78, 5) is 12.9. The zero-order chi connectivity index (χ0) is 15.7. The first kappa shape index (κ1) is 15.4. The number of hydrogen-bond donors (Lipinski definition) is 1. The number of benzene rings is 2. The van der Waals surface area contributed by atoms with E-state index in [-0.39, 0.29) is 5.78 Å². The molecular weight excluding hydrogens is 286 g/mol. The molecule has 0 unspecified atom stereocenters. The first-order valence-corrected chi connectivity index (χ1v) is 6.99. The molecule has 0 saturated carbocycles. The van der Waals surface area contributed by atoms with E-state index >= 15 is 0 Å². The molecule has 0 amide bonds. The maximum absolute atomic E-state index is 12.9. The van der Waals surface area contributed by atoms with Crippen molar-refractivity contribution in [3.8, 4) is 5.75 Å². The topological polar surface area (TPSA) is 52.3 Å².